The van der Waals surface area contributed by atoms with Crippen LogP contribution in [0, 0.1) is 0 Å². The number of hydrogen-bond donors (Lipinski definition) is 0. The predicted molar refractivity (Wildman–Crippen MR) is 113 cm³/mol. The summed E-state index contributed by atoms with van der Waals surface area (Å²) in [5, 5.41) is 0.534. The quantitative estimate of drug-likeness (QED) is 0.458. The Morgan fingerprint density at radius 2 is 1.90 bits per heavy atom. The summed E-state index contributed by atoms with van der Waals surface area (Å²) in [6.07, 6.45) is 0. The number of halogens is 1. The van der Waals surface area contributed by atoms with Crippen LogP contribution in [0.3, 0.4) is 0 Å². The number of rotatable bonds is 4. The SMILES string of the molecule is CCN(C(=O)Cn1c(Cl)nc2c1c(=O)n(C)c(=O)n2C)c1nc2ccccc2s1. The van der Waals surface area contributed by atoms with E-state index in [1.807, 2.05) is 31.2 Å². The summed E-state index contributed by atoms with van der Waals surface area (Å²) >= 11 is 7.64. The molecule has 3 aromatic heterocycles. The highest BCUT2D eigenvalue weighted by Crippen LogP contribution is 2.29. The van der Waals surface area contributed by atoms with Crippen LogP contribution in [-0.2, 0) is 25.4 Å². The number of hydrogen-bond acceptors (Lipinski definition) is 6. The van der Waals surface area contributed by atoms with Gasteiger partial charge in [-0.05, 0) is 30.7 Å². The van der Waals surface area contributed by atoms with Crippen LogP contribution in [-0.4, -0.2) is 36.1 Å². The van der Waals surface area contributed by atoms with Crippen molar-refractivity contribution in [3.8, 4) is 0 Å². The maximum Gasteiger partial charge on any atom is 0.332 e. The van der Waals surface area contributed by atoms with Crippen LogP contribution < -0.4 is 16.1 Å². The first-order chi connectivity index (χ1) is 13.8. The number of anilines is 1. The molecule has 150 valence electrons. The summed E-state index contributed by atoms with van der Waals surface area (Å²) < 4.78 is 4.50. The van der Waals surface area contributed by atoms with Crippen molar-refractivity contribution in [2.24, 2.45) is 14.1 Å². The molecule has 1 amide bonds. The molecule has 9 nitrogen and oxygen atoms in total. The van der Waals surface area contributed by atoms with Gasteiger partial charge in [0, 0.05) is 20.6 Å². The molecule has 0 radical (unpaired) electrons. The highest BCUT2D eigenvalue weighted by atomic mass is 35.5. The molecule has 3 heterocycles. The monoisotopic (exact) mass is 432 g/mol. The number of thiazole rings is 1. The van der Waals surface area contributed by atoms with Crippen LogP contribution >= 0.6 is 22.9 Å². The number of likely N-dealkylation sites (N-methyl/N-ethyl adjacent to an activating group) is 1. The minimum atomic E-state index is -0.557. The van der Waals surface area contributed by atoms with Crippen LogP contribution in [0.25, 0.3) is 21.4 Å². The predicted octanol–water partition coefficient (Wildman–Crippen LogP) is 1.75. The first-order valence-electron chi connectivity index (χ1n) is 8.81. The fraction of sp³-hybridized carbons (Fsp3) is 0.278. The Bertz CT molecular complexity index is 1350. The number of fused-ring (bicyclic) bond motifs is 2. The number of para-hydroxylation sites is 1. The molecule has 0 unspecified atom stereocenters. The molecule has 1 aromatic carbocycles. The number of imidazole rings is 1. The van der Waals surface area contributed by atoms with E-state index in [0.29, 0.717) is 11.7 Å². The van der Waals surface area contributed by atoms with Gasteiger partial charge in [0.25, 0.3) is 5.56 Å². The Labute approximate surface area is 173 Å². The van der Waals surface area contributed by atoms with E-state index in [2.05, 4.69) is 9.97 Å². The van der Waals surface area contributed by atoms with Gasteiger partial charge < -0.3 is 0 Å². The molecule has 0 spiro atoms. The third-order valence-corrected chi connectivity index (χ3v) is 6.07. The first kappa shape index (κ1) is 19.3. The zero-order valence-electron chi connectivity index (χ0n) is 15.9. The summed E-state index contributed by atoms with van der Waals surface area (Å²) in [6, 6.07) is 7.64. The number of aromatic nitrogens is 5. The van der Waals surface area contributed by atoms with Crippen molar-refractivity contribution in [2.75, 3.05) is 11.4 Å². The van der Waals surface area contributed by atoms with E-state index >= 15 is 0 Å². The van der Waals surface area contributed by atoms with Crippen molar-refractivity contribution in [1.29, 1.82) is 0 Å². The molecule has 0 aliphatic rings. The van der Waals surface area contributed by atoms with E-state index in [0.717, 1.165) is 14.8 Å². The van der Waals surface area contributed by atoms with Gasteiger partial charge in [-0.3, -0.25) is 28.2 Å². The second-order valence-electron chi connectivity index (χ2n) is 6.45. The number of benzene rings is 1. The van der Waals surface area contributed by atoms with Crippen LogP contribution in [0.4, 0.5) is 5.13 Å². The third kappa shape index (κ3) is 3.04. The fourth-order valence-electron chi connectivity index (χ4n) is 3.18. The molecular weight excluding hydrogens is 416 g/mol. The molecule has 11 heteroatoms. The molecule has 0 fully saturated rings. The topological polar surface area (TPSA) is 95.0 Å². The second kappa shape index (κ2) is 7.12. The highest BCUT2D eigenvalue weighted by Gasteiger charge is 2.23. The van der Waals surface area contributed by atoms with Gasteiger partial charge in [-0.25, -0.2) is 9.78 Å². The van der Waals surface area contributed by atoms with Gasteiger partial charge in [-0.1, -0.05) is 23.5 Å². The zero-order chi connectivity index (χ0) is 20.9. The summed E-state index contributed by atoms with van der Waals surface area (Å²) in [4.78, 5) is 48.0. The van der Waals surface area contributed by atoms with Gasteiger partial charge in [-0.2, -0.15) is 4.98 Å². The molecule has 0 N–H and O–H groups in total. The molecule has 0 saturated heterocycles. The lowest BCUT2D eigenvalue weighted by atomic mass is 10.3. The molecule has 29 heavy (non-hydrogen) atoms. The van der Waals surface area contributed by atoms with E-state index in [9.17, 15) is 14.4 Å². The number of amides is 1. The molecule has 4 rings (SSSR count). The lowest BCUT2D eigenvalue weighted by molar-refractivity contribution is -0.119. The van der Waals surface area contributed by atoms with Crippen molar-refractivity contribution >= 4 is 55.4 Å². The van der Waals surface area contributed by atoms with Crippen LogP contribution in [0.5, 0.6) is 0 Å². The van der Waals surface area contributed by atoms with E-state index in [1.165, 1.54) is 34.6 Å². The van der Waals surface area contributed by atoms with Gasteiger partial charge in [-0.15, -0.1) is 0 Å². The zero-order valence-corrected chi connectivity index (χ0v) is 17.5. The van der Waals surface area contributed by atoms with Crippen LogP contribution in [0.1, 0.15) is 6.92 Å². The van der Waals surface area contributed by atoms with Crippen molar-refractivity contribution in [1.82, 2.24) is 23.7 Å². The largest absolute Gasteiger partial charge is 0.332 e. The van der Waals surface area contributed by atoms with Gasteiger partial charge >= 0.3 is 5.69 Å². The Balaban J connectivity index is 1.77. The van der Waals surface area contributed by atoms with Crippen LogP contribution in [0.15, 0.2) is 33.9 Å². The van der Waals surface area contributed by atoms with Gasteiger partial charge in [0.05, 0.1) is 10.2 Å². The summed E-state index contributed by atoms with van der Waals surface area (Å²) in [7, 11) is 2.87. The second-order valence-corrected chi connectivity index (χ2v) is 7.79. The maximum absolute atomic E-state index is 13.1. The van der Waals surface area contributed by atoms with Crippen molar-refractivity contribution in [3.63, 3.8) is 0 Å². The van der Waals surface area contributed by atoms with Gasteiger partial charge in [0.15, 0.2) is 16.3 Å². The number of nitrogens with zero attached hydrogens (tertiary/aromatic N) is 6. The van der Waals surface area contributed by atoms with Crippen molar-refractivity contribution in [2.45, 2.75) is 13.5 Å². The minimum Gasteiger partial charge on any atom is -0.299 e. The lowest BCUT2D eigenvalue weighted by Gasteiger charge is -2.18. The van der Waals surface area contributed by atoms with Gasteiger partial charge in [0.2, 0.25) is 11.2 Å². The van der Waals surface area contributed by atoms with E-state index in [4.69, 9.17) is 11.6 Å². The summed E-state index contributed by atoms with van der Waals surface area (Å²) in [5.41, 5.74) is -0.0147. The molecule has 0 aliphatic heterocycles. The van der Waals surface area contributed by atoms with E-state index in [-0.39, 0.29) is 28.9 Å². The van der Waals surface area contributed by atoms with E-state index < -0.39 is 11.2 Å². The molecule has 0 aliphatic carbocycles. The van der Waals surface area contributed by atoms with Crippen molar-refractivity contribution < 1.29 is 4.79 Å². The van der Waals surface area contributed by atoms with Gasteiger partial charge in [0.1, 0.15) is 6.54 Å². The molecule has 0 atom stereocenters. The Morgan fingerprint density at radius 3 is 2.59 bits per heavy atom. The summed E-state index contributed by atoms with van der Waals surface area (Å²) in [6.45, 7) is 2.05. The summed E-state index contributed by atoms with van der Waals surface area (Å²) in [5.74, 6) is -0.288. The third-order valence-electron chi connectivity index (χ3n) is 4.73. The average Bonchev–Trinajstić information content (AvgIpc) is 3.27. The van der Waals surface area contributed by atoms with Crippen LogP contribution in [0.2, 0.25) is 5.28 Å². The minimum absolute atomic E-state index is 0.0352. The smallest absolute Gasteiger partial charge is 0.299 e. The Morgan fingerprint density at radius 1 is 1.17 bits per heavy atom. The molecule has 0 saturated carbocycles. The molecule has 4 aromatic rings. The Hall–Kier alpha value is -2.98. The molecule has 0 bridgehead atoms. The fourth-order valence-corrected chi connectivity index (χ4v) is 4.45. The number of aryl methyl sites for hydroxylation is 1. The number of carbonyl (C=O) groups is 1. The van der Waals surface area contributed by atoms with E-state index in [1.54, 1.807) is 4.90 Å². The highest BCUT2D eigenvalue weighted by molar-refractivity contribution is 7.22. The molecular formula is C18H17ClN6O3S. The average molecular weight is 433 g/mol. The first-order valence-corrected chi connectivity index (χ1v) is 10.0. The lowest BCUT2D eigenvalue weighted by Crippen LogP contribution is -2.38. The standard InChI is InChI=1S/C18H17ClN6O3S/c1-4-24(17-20-10-7-5-6-8-11(10)29-17)12(26)9-25-13-14(21-16(25)19)22(2)18(28)23(3)15(13)27/h5-8H,4,9H2,1-3H3. The normalized spacial score (nSPS) is 11.4. The number of carbonyl (C=O) groups excluding carboxylic acids is 1. The van der Waals surface area contributed by atoms with Crippen molar-refractivity contribution in [3.05, 3.63) is 50.4 Å². The maximum atomic E-state index is 13.1. The Kier molecular flexibility index (Phi) is 4.75.